The molecule has 0 saturated heterocycles. The topological polar surface area (TPSA) is 66.5 Å². The van der Waals surface area contributed by atoms with Crippen LogP contribution in [0.2, 0.25) is 0 Å². The average Bonchev–Trinajstić information content (AvgIpc) is 2.67. The number of nitrogens with zero attached hydrogens (tertiary/aromatic N) is 1. The van der Waals surface area contributed by atoms with E-state index in [1.54, 1.807) is 54.6 Å². The number of anilines is 2. The number of benzene rings is 3. The summed E-state index contributed by atoms with van der Waals surface area (Å²) in [7, 11) is -3.93. The third-order valence-electron chi connectivity index (χ3n) is 4.39. The molecule has 7 heteroatoms. The molecule has 3 aromatic carbocycles. The number of sulfonamides is 1. The molecule has 0 heterocycles. The van der Waals surface area contributed by atoms with Crippen molar-refractivity contribution in [2.45, 2.75) is 18.7 Å². The maximum absolute atomic E-state index is 13.4. The summed E-state index contributed by atoms with van der Waals surface area (Å²) in [5, 5.41) is 2.76. The lowest BCUT2D eigenvalue weighted by Gasteiger charge is -2.25. The van der Waals surface area contributed by atoms with Crippen LogP contribution in [0, 0.1) is 13.8 Å². The lowest BCUT2D eigenvalue weighted by atomic mass is 10.2. The zero-order valence-electron chi connectivity index (χ0n) is 16.1. The molecule has 0 atom stereocenters. The summed E-state index contributed by atoms with van der Waals surface area (Å²) in [4.78, 5) is 12.9. The van der Waals surface area contributed by atoms with Crippen LogP contribution >= 0.6 is 15.9 Å². The number of halogens is 1. The third kappa shape index (κ3) is 5.05. The van der Waals surface area contributed by atoms with Crippen molar-refractivity contribution >= 4 is 43.2 Å². The molecule has 1 N–H and O–H groups in total. The number of amides is 1. The smallest absolute Gasteiger partial charge is 0.264 e. The highest BCUT2D eigenvalue weighted by Gasteiger charge is 2.28. The average molecular weight is 473 g/mol. The molecule has 0 unspecified atom stereocenters. The predicted octanol–water partition coefficient (Wildman–Crippen LogP) is 4.90. The van der Waals surface area contributed by atoms with Gasteiger partial charge in [0.25, 0.3) is 10.0 Å². The monoisotopic (exact) mass is 472 g/mol. The quantitative estimate of drug-likeness (QED) is 0.554. The van der Waals surface area contributed by atoms with Crippen molar-refractivity contribution in [1.29, 1.82) is 0 Å². The molecule has 1 amide bonds. The first-order valence-corrected chi connectivity index (χ1v) is 11.2. The van der Waals surface area contributed by atoms with Crippen LogP contribution in [0.4, 0.5) is 11.4 Å². The highest BCUT2D eigenvalue weighted by molar-refractivity contribution is 9.10. The molecular weight excluding hydrogens is 452 g/mol. The van der Waals surface area contributed by atoms with Crippen LogP contribution in [-0.4, -0.2) is 20.9 Å². The van der Waals surface area contributed by atoms with E-state index >= 15 is 0 Å². The number of hydrogen-bond donors (Lipinski definition) is 1. The first-order valence-electron chi connectivity index (χ1n) is 8.98. The number of carbonyl (C=O) groups excluding carboxylic acids is 1. The number of hydrogen-bond acceptors (Lipinski definition) is 3. The standard InChI is InChI=1S/C22H21BrN2O3S/c1-16-10-12-20(13-11-16)29(27,28)25(21-9-4-3-6-17(21)2)15-22(26)24-19-8-5-7-18(23)14-19/h3-14H,15H2,1-2H3,(H,24,26). The van der Waals surface area contributed by atoms with E-state index < -0.39 is 15.9 Å². The minimum Gasteiger partial charge on any atom is -0.324 e. The summed E-state index contributed by atoms with van der Waals surface area (Å²) < 4.78 is 28.7. The number of rotatable bonds is 6. The van der Waals surface area contributed by atoms with Gasteiger partial charge >= 0.3 is 0 Å². The molecular formula is C22H21BrN2O3S. The Bertz CT molecular complexity index is 1130. The van der Waals surface area contributed by atoms with Gasteiger partial charge in [-0.3, -0.25) is 9.10 Å². The van der Waals surface area contributed by atoms with Crippen molar-refractivity contribution in [3.05, 3.63) is 88.4 Å². The summed E-state index contributed by atoms with van der Waals surface area (Å²) in [6.07, 6.45) is 0. The number of para-hydroxylation sites is 1. The largest absolute Gasteiger partial charge is 0.324 e. The van der Waals surface area contributed by atoms with E-state index in [4.69, 9.17) is 0 Å². The van der Waals surface area contributed by atoms with Crippen LogP contribution in [0.25, 0.3) is 0 Å². The van der Waals surface area contributed by atoms with Crippen LogP contribution < -0.4 is 9.62 Å². The summed E-state index contributed by atoms with van der Waals surface area (Å²) in [5.74, 6) is -0.429. The van der Waals surface area contributed by atoms with Crippen molar-refractivity contribution in [1.82, 2.24) is 0 Å². The van der Waals surface area contributed by atoms with Crippen molar-refractivity contribution in [2.75, 3.05) is 16.2 Å². The fourth-order valence-electron chi connectivity index (χ4n) is 2.88. The summed E-state index contributed by atoms with van der Waals surface area (Å²) in [6.45, 7) is 3.37. The van der Waals surface area contributed by atoms with Gasteiger partial charge in [-0.25, -0.2) is 8.42 Å². The molecule has 29 heavy (non-hydrogen) atoms. The lowest BCUT2D eigenvalue weighted by molar-refractivity contribution is -0.114. The van der Waals surface area contributed by atoms with Gasteiger partial charge in [0.2, 0.25) is 5.91 Å². The fourth-order valence-corrected chi connectivity index (χ4v) is 4.76. The van der Waals surface area contributed by atoms with Crippen LogP contribution in [0.15, 0.2) is 82.2 Å². The van der Waals surface area contributed by atoms with Crippen LogP contribution in [0.3, 0.4) is 0 Å². The second-order valence-corrected chi connectivity index (χ2v) is 9.45. The SMILES string of the molecule is Cc1ccc(S(=O)(=O)N(CC(=O)Nc2cccc(Br)c2)c2ccccc2C)cc1. The Morgan fingerprint density at radius 3 is 2.31 bits per heavy atom. The molecule has 0 aromatic heterocycles. The van der Waals surface area contributed by atoms with Crippen molar-refractivity contribution in [3.63, 3.8) is 0 Å². The Labute approximate surface area is 179 Å². The van der Waals surface area contributed by atoms with Crippen molar-refractivity contribution in [2.24, 2.45) is 0 Å². The Morgan fingerprint density at radius 1 is 0.966 bits per heavy atom. The van der Waals surface area contributed by atoms with E-state index in [0.717, 1.165) is 19.9 Å². The van der Waals surface area contributed by atoms with Crippen LogP contribution in [-0.2, 0) is 14.8 Å². The van der Waals surface area contributed by atoms with Gasteiger partial charge in [0.1, 0.15) is 6.54 Å². The van der Waals surface area contributed by atoms with Gasteiger partial charge in [0, 0.05) is 10.2 Å². The molecule has 0 fully saturated rings. The van der Waals surface area contributed by atoms with E-state index in [2.05, 4.69) is 21.2 Å². The van der Waals surface area contributed by atoms with Crippen LogP contribution in [0.5, 0.6) is 0 Å². The van der Waals surface area contributed by atoms with Gasteiger partial charge in [-0.1, -0.05) is 57.9 Å². The van der Waals surface area contributed by atoms with Gasteiger partial charge < -0.3 is 5.32 Å². The lowest BCUT2D eigenvalue weighted by Crippen LogP contribution is -2.38. The van der Waals surface area contributed by atoms with Crippen molar-refractivity contribution in [3.8, 4) is 0 Å². The highest BCUT2D eigenvalue weighted by Crippen LogP contribution is 2.27. The van der Waals surface area contributed by atoms with Gasteiger partial charge in [0.15, 0.2) is 0 Å². The van der Waals surface area contributed by atoms with E-state index in [9.17, 15) is 13.2 Å². The van der Waals surface area contributed by atoms with Gasteiger partial charge in [0.05, 0.1) is 10.6 Å². The molecule has 0 saturated carbocycles. The number of carbonyl (C=O) groups is 1. The van der Waals surface area contributed by atoms with E-state index in [1.165, 1.54) is 0 Å². The van der Waals surface area contributed by atoms with E-state index in [-0.39, 0.29) is 11.4 Å². The zero-order valence-corrected chi connectivity index (χ0v) is 18.5. The predicted molar refractivity (Wildman–Crippen MR) is 120 cm³/mol. The van der Waals surface area contributed by atoms with E-state index in [1.807, 2.05) is 32.0 Å². The molecule has 0 aliphatic carbocycles. The van der Waals surface area contributed by atoms with Gasteiger partial charge in [-0.15, -0.1) is 0 Å². The van der Waals surface area contributed by atoms with E-state index in [0.29, 0.717) is 11.4 Å². The second-order valence-electron chi connectivity index (χ2n) is 6.67. The van der Waals surface area contributed by atoms with Crippen LogP contribution in [0.1, 0.15) is 11.1 Å². The zero-order chi connectivity index (χ0) is 21.0. The number of aryl methyl sites for hydroxylation is 2. The highest BCUT2D eigenvalue weighted by atomic mass is 79.9. The Balaban J connectivity index is 1.96. The summed E-state index contributed by atoms with van der Waals surface area (Å²) in [5.41, 5.74) is 2.77. The molecule has 150 valence electrons. The molecule has 3 rings (SSSR count). The third-order valence-corrected chi connectivity index (χ3v) is 6.66. The normalized spacial score (nSPS) is 11.1. The van der Waals surface area contributed by atoms with Gasteiger partial charge in [-0.05, 0) is 55.8 Å². The minimum absolute atomic E-state index is 0.140. The first kappa shape index (κ1) is 21.1. The Hall–Kier alpha value is -2.64. The minimum atomic E-state index is -3.93. The summed E-state index contributed by atoms with van der Waals surface area (Å²) in [6, 6.07) is 20.8. The molecule has 0 aliphatic rings. The maximum atomic E-state index is 13.4. The molecule has 0 aliphatic heterocycles. The Morgan fingerprint density at radius 2 is 1.66 bits per heavy atom. The molecule has 0 bridgehead atoms. The van der Waals surface area contributed by atoms with Gasteiger partial charge in [-0.2, -0.15) is 0 Å². The van der Waals surface area contributed by atoms with Crippen molar-refractivity contribution < 1.29 is 13.2 Å². The first-order chi connectivity index (χ1) is 13.8. The maximum Gasteiger partial charge on any atom is 0.264 e. The fraction of sp³-hybridized carbons (Fsp3) is 0.136. The number of nitrogens with one attached hydrogen (secondary N) is 1. The molecule has 3 aromatic rings. The molecule has 5 nitrogen and oxygen atoms in total. The Kier molecular flexibility index (Phi) is 6.39. The molecule has 0 spiro atoms. The summed E-state index contributed by atoms with van der Waals surface area (Å²) >= 11 is 3.36. The second kappa shape index (κ2) is 8.80. The molecule has 0 radical (unpaired) electrons.